The van der Waals surface area contributed by atoms with Crippen LogP contribution in [0.5, 0.6) is 11.5 Å². The molecule has 0 unspecified atom stereocenters. The molecule has 0 radical (unpaired) electrons. The van der Waals surface area contributed by atoms with Gasteiger partial charge in [-0.3, -0.25) is 4.79 Å². The maximum atomic E-state index is 12.7. The fourth-order valence-electron chi connectivity index (χ4n) is 3.66. The summed E-state index contributed by atoms with van der Waals surface area (Å²) in [7, 11) is 0. The summed E-state index contributed by atoms with van der Waals surface area (Å²) in [5.74, 6) is 1.30. The van der Waals surface area contributed by atoms with Crippen LogP contribution < -0.4 is 14.8 Å². The highest BCUT2D eigenvalue weighted by atomic mass is 32.1. The van der Waals surface area contributed by atoms with E-state index in [1.807, 2.05) is 25.1 Å². The second-order valence-corrected chi connectivity index (χ2v) is 8.73. The quantitative estimate of drug-likeness (QED) is 0.528. The van der Waals surface area contributed by atoms with Crippen molar-refractivity contribution >= 4 is 34.3 Å². The third-order valence-electron chi connectivity index (χ3n) is 5.21. The zero-order chi connectivity index (χ0) is 21.1. The molecule has 0 saturated carbocycles. The lowest BCUT2D eigenvalue weighted by molar-refractivity contribution is -0.111. The molecule has 1 N–H and O–H groups in total. The van der Waals surface area contributed by atoms with Crippen LogP contribution in [0.4, 0.5) is 5.00 Å². The first-order valence-corrected chi connectivity index (χ1v) is 11.1. The van der Waals surface area contributed by atoms with Gasteiger partial charge in [-0.2, -0.15) is 0 Å². The topological polar surface area (TPSA) is 73.9 Å². The Kier molecular flexibility index (Phi) is 6.08. The third-order valence-corrected chi connectivity index (χ3v) is 6.38. The van der Waals surface area contributed by atoms with Crippen LogP contribution in [-0.2, 0) is 22.4 Å². The van der Waals surface area contributed by atoms with E-state index in [0.29, 0.717) is 34.6 Å². The highest BCUT2D eigenvalue weighted by molar-refractivity contribution is 7.17. The van der Waals surface area contributed by atoms with Gasteiger partial charge in [-0.15, -0.1) is 11.3 Å². The molecule has 1 amide bonds. The number of rotatable bonds is 6. The van der Waals surface area contributed by atoms with Crippen LogP contribution in [0.15, 0.2) is 24.3 Å². The van der Waals surface area contributed by atoms with Crippen molar-refractivity contribution in [2.45, 2.75) is 39.5 Å². The largest absolute Gasteiger partial charge is 0.462 e. The Morgan fingerprint density at radius 3 is 2.97 bits per heavy atom. The Labute approximate surface area is 179 Å². The molecule has 1 aromatic heterocycles. The van der Waals surface area contributed by atoms with Crippen LogP contribution in [0.3, 0.4) is 0 Å². The van der Waals surface area contributed by atoms with Crippen molar-refractivity contribution in [3.8, 4) is 11.5 Å². The molecule has 2 heterocycles. The monoisotopic (exact) mass is 427 g/mol. The summed E-state index contributed by atoms with van der Waals surface area (Å²) in [5, 5.41) is 3.48. The summed E-state index contributed by atoms with van der Waals surface area (Å²) in [6.45, 7) is 4.75. The molecular formula is C23H25NO5S. The summed E-state index contributed by atoms with van der Waals surface area (Å²) in [6, 6.07) is 5.50. The number of thiophene rings is 1. The van der Waals surface area contributed by atoms with E-state index >= 15 is 0 Å². The minimum absolute atomic E-state index is 0.210. The molecule has 30 heavy (non-hydrogen) atoms. The summed E-state index contributed by atoms with van der Waals surface area (Å²) in [5.41, 5.74) is 2.39. The van der Waals surface area contributed by atoms with Gasteiger partial charge in [-0.1, -0.05) is 19.9 Å². The van der Waals surface area contributed by atoms with E-state index in [0.717, 1.165) is 36.8 Å². The van der Waals surface area contributed by atoms with Gasteiger partial charge < -0.3 is 19.5 Å². The number of anilines is 1. The highest BCUT2D eigenvalue weighted by Gasteiger charge is 2.29. The Bertz CT molecular complexity index is 994. The third kappa shape index (κ3) is 4.36. The maximum absolute atomic E-state index is 12.7. The Morgan fingerprint density at radius 2 is 2.13 bits per heavy atom. The van der Waals surface area contributed by atoms with Crippen molar-refractivity contribution in [1.82, 2.24) is 0 Å². The van der Waals surface area contributed by atoms with E-state index in [2.05, 4.69) is 12.2 Å². The number of fused-ring (bicyclic) bond motifs is 2. The van der Waals surface area contributed by atoms with Crippen molar-refractivity contribution < 1.29 is 23.8 Å². The van der Waals surface area contributed by atoms with E-state index in [4.69, 9.17) is 14.2 Å². The van der Waals surface area contributed by atoms with Crippen LogP contribution in [0, 0.1) is 5.92 Å². The van der Waals surface area contributed by atoms with Gasteiger partial charge >= 0.3 is 5.97 Å². The van der Waals surface area contributed by atoms with Crippen LogP contribution in [-0.4, -0.2) is 25.3 Å². The van der Waals surface area contributed by atoms with Crippen molar-refractivity contribution in [1.29, 1.82) is 0 Å². The summed E-state index contributed by atoms with van der Waals surface area (Å²) in [6.07, 6.45) is 6.73. The first-order chi connectivity index (χ1) is 14.5. The van der Waals surface area contributed by atoms with Crippen molar-refractivity contribution in [2.75, 3.05) is 18.7 Å². The van der Waals surface area contributed by atoms with E-state index in [9.17, 15) is 9.59 Å². The molecule has 0 spiro atoms. The number of nitrogens with one attached hydrogen (secondary N) is 1. The maximum Gasteiger partial charge on any atom is 0.341 e. The molecule has 0 bridgehead atoms. The molecule has 1 aliphatic heterocycles. The van der Waals surface area contributed by atoms with E-state index in [1.54, 1.807) is 6.08 Å². The summed E-state index contributed by atoms with van der Waals surface area (Å²) in [4.78, 5) is 26.5. The molecule has 0 saturated heterocycles. The van der Waals surface area contributed by atoms with Gasteiger partial charge in [0.15, 0.2) is 11.5 Å². The second-order valence-electron chi connectivity index (χ2n) is 7.63. The lowest BCUT2D eigenvalue weighted by Crippen LogP contribution is -2.16. The minimum Gasteiger partial charge on any atom is -0.462 e. The second kappa shape index (κ2) is 8.92. The zero-order valence-electron chi connectivity index (χ0n) is 17.2. The first-order valence-electron chi connectivity index (χ1n) is 10.3. The zero-order valence-corrected chi connectivity index (χ0v) is 18.0. The lowest BCUT2D eigenvalue weighted by atomic mass is 9.88. The number of amides is 1. The van der Waals surface area contributed by atoms with Crippen molar-refractivity contribution in [3.05, 3.63) is 45.8 Å². The molecule has 1 atom stereocenters. The van der Waals surface area contributed by atoms with E-state index in [1.165, 1.54) is 22.3 Å². The fraction of sp³-hybridized carbons (Fsp3) is 0.391. The van der Waals surface area contributed by atoms with Gasteiger partial charge in [0.2, 0.25) is 12.7 Å². The number of benzene rings is 1. The summed E-state index contributed by atoms with van der Waals surface area (Å²) < 4.78 is 16.1. The molecule has 1 aromatic carbocycles. The van der Waals surface area contributed by atoms with Gasteiger partial charge in [0.1, 0.15) is 5.00 Å². The van der Waals surface area contributed by atoms with Crippen molar-refractivity contribution in [3.63, 3.8) is 0 Å². The van der Waals surface area contributed by atoms with Crippen LogP contribution in [0.1, 0.15) is 53.1 Å². The van der Waals surface area contributed by atoms with Gasteiger partial charge in [0.05, 0.1) is 12.2 Å². The average molecular weight is 428 g/mol. The average Bonchev–Trinajstić information content (AvgIpc) is 3.33. The fourth-order valence-corrected chi connectivity index (χ4v) is 5.07. The number of hydrogen-bond donors (Lipinski definition) is 1. The number of carbonyl (C=O) groups excluding carboxylic acids is 2. The van der Waals surface area contributed by atoms with Crippen LogP contribution in [0.25, 0.3) is 6.08 Å². The number of esters is 1. The van der Waals surface area contributed by atoms with E-state index in [-0.39, 0.29) is 18.7 Å². The van der Waals surface area contributed by atoms with E-state index < -0.39 is 0 Å². The predicted octanol–water partition coefficient (Wildman–Crippen LogP) is 4.82. The van der Waals surface area contributed by atoms with Crippen molar-refractivity contribution in [2.24, 2.45) is 5.92 Å². The van der Waals surface area contributed by atoms with Gasteiger partial charge in [0.25, 0.3) is 0 Å². The van der Waals surface area contributed by atoms with Gasteiger partial charge in [-0.25, -0.2) is 4.79 Å². The molecule has 158 valence electrons. The molecular weight excluding hydrogens is 402 g/mol. The predicted molar refractivity (Wildman–Crippen MR) is 116 cm³/mol. The van der Waals surface area contributed by atoms with Crippen LogP contribution >= 0.6 is 11.3 Å². The smallest absolute Gasteiger partial charge is 0.341 e. The molecule has 7 heteroatoms. The van der Waals surface area contributed by atoms with Gasteiger partial charge in [0, 0.05) is 11.0 Å². The Hall–Kier alpha value is -2.80. The molecule has 2 aromatic rings. The molecule has 6 nitrogen and oxygen atoms in total. The normalized spacial score (nSPS) is 17.1. The number of carbonyl (C=O) groups is 2. The molecule has 1 aliphatic carbocycles. The SMILES string of the molecule is CCCOC(=O)c1c(NC(=O)/C=C/c2ccc3c(c2)OCO3)sc2c1CC[C@H](C)C2. The summed E-state index contributed by atoms with van der Waals surface area (Å²) >= 11 is 1.49. The lowest BCUT2D eigenvalue weighted by Gasteiger charge is -2.18. The minimum atomic E-state index is -0.348. The standard InChI is InChI=1S/C23H25NO5S/c1-3-10-27-23(26)21-16-7-4-14(2)11-19(16)30-22(21)24-20(25)9-6-15-5-8-17-18(12-15)29-13-28-17/h5-6,8-9,12,14H,3-4,7,10-11,13H2,1-2H3,(H,24,25)/b9-6+/t14-/m0/s1. The number of hydrogen-bond acceptors (Lipinski definition) is 6. The van der Waals surface area contributed by atoms with Gasteiger partial charge in [-0.05, 0) is 60.9 Å². The highest BCUT2D eigenvalue weighted by Crippen LogP contribution is 2.40. The molecule has 0 fully saturated rings. The number of ether oxygens (including phenoxy) is 3. The Morgan fingerprint density at radius 1 is 1.30 bits per heavy atom. The molecule has 2 aliphatic rings. The van der Waals surface area contributed by atoms with Crippen LogP contribution in [0.2, 0.25) is 0 Å². The first kappa shape index (κ1) is 20.5. The molecule has 4 rings (SSSR count). The Balaban J connectivity index is 1.52.